The molecule has 0 unspecified atom stereocenters. The Labute approximate surface area is 169 Å². The fourth-order valence-electron chi connectivity index (χ4n) is 2.64. The standard InChI is InChI=1S/C19H20Br2N2O3/c1-12(19(24)22-16-5-4-14(20)10-15(16)21)23(2)11-13-3-6-17-18(9-13)26-8-7-25-17/h3-6,9-10,12H,7-8,11H2,1-2H3,(H,22,24)/t12-/m0/s1. The zero-order valence-corrected chi connectivity index (χ0v) is 17.8. The first-order valence-electron chi connectivity index (χ1n) is 8.28. The van der Waals surface area contributed by atoms with E-state index in [9.17, 15) is 4.79 Å². The van der Waals surface area contributed by atoms with E-state index in [0.717, 1.165) is 31.7 Å². The van der Waals surface area contributed by atoms with E-state index in [1.165, 1.54) is 0 Å². The largest absolute Gasteiger partial charge is 0.486 e. The topological polar surface area (TPSA) is 50.8 Å². The molecule has 3 rings (SSSR count). The molecular weight excluding hydrogens is 464 g/mol. The third-order valence-corrected chi connectivity index (χ3v) is 5.42. The Bertz CT molecular complexity index is 813. The van der Waals surface area contributed by atoms with Crippen LogP contribution in [0, 0.1) is 0 Å². The van der Waals surface area contributed by atoms with Gasteiger partial charge in [0.1, 0.15) is 13.2 Å². The zero-order chi connectivity index (χ0) is 18.7. The molecule has 138 valence electrons. The fraction of sp³-hybridized carbons (Fsp3) is 0.316. The predicted molar refractivity (Wildman–Crippen MR) is 109 cm³/mol. The summed E-state index contributed by atoms with van der Waals surface area (Å²) in [5, 5.41) is 2.96. The lowest BCUT2D eigenvalue weighted by Gasteiger charge is -2.25. The number of carbonyl (C=O) groups is 1. The lowest BCUT2D eigenvalue weighted by molar-refractivity contribution is -0.120. The van der Waals surface area contributed by atoms with Crippen LogP contribution >= 0.6 is 31.9 Å². The summed E-state index contributed by atoms with van der Waals surface area (Å²) in [6.45, 7) is 3.66. The van der Waals surface area contributed by atoms with Crippen molar-refractivity contribution >= 4 is 43.5 Å². The summed E-state index contributed by atoms with van der Waals surface area (Å²) in [5.74, 6) is 1.47. The molecule has 0 saturated heterocycles. The lowest BCUT2D eigenvalue weighted by atomic mass is 10.1. The molecule has 5 nitrogen and oxygen atoms in total. The van der Waals surface area contributed by atoms with Crippen LogP contribution in [0.4, 0.5) is 5.69 Å². The van der Waals surface area contributed by atoms with Crippen molar-refractivity contribution < 1.29 is 14.3 Å². The van der Waals surface area contributed by atoms with E-state index in [1.54, 1.807) is 0 Å². The van der Waals surface area contributed by atoms with E-state index in [1.807, 2.05) is 55.3 Å². The molecule has 0 aromatic heterocycles. The highest BCUT2D eigenvalue weighted by atomic mass is 79.9. The number of carbonyl (C=O) groups excluding carboxylic acids is 1. The molecule has 26 heavy (non-hydrogen) atoms. The molecule has 2 aromatic carbocycles. The highest BCUT2D eigenvalue weighted by molar-refractivity contribution is 9.11. The van der Waals surface area contributed by atoms with E-state index in [4.69, 9.17) is 9.47 Å². The van der Waals surface area contributed by atoms with Crippen LogP contribution in [-0.2, 0) is 11.3 Å². The average Bonchev–Trinajstić information content (AvgIpc) is 2.63. The van der Waals surface area contributed by atoms with Gasteiger partial charge in [-0.3, -0.25) is 9.69 Å². The molecular formula is C19H20Br2N2O3. The summed E-state index contributed by atoms with van der Waals surface area (Å²) in [7, 11) is 1.93. The number of fused-ring (bicyclic) bond motifs is 1. The number of nitrogens with zero attached hydrogens (tertiary/aromatic N) is 1. The number of halogens is 2. The van der Waals surface area contributed by atoms with Crippen molar-refractivity contribution in [2.45, 2.75) is 19.5 Å². The third kappa shape index (κ3) is 4.58. The van der Waals surface area contributed by atoms with Crippen molar-refractivity contribution in [1.29, 1.82) is 0 Å². The van der Waals surface area contributed by atoms with Crippen LogP contribution < -0.4 is 14.8 Å². The van der Waals surface area contributed by atoms with Gasteiger partial charge in [-0.1, -0.05) is 22.0 Å². The van der Waals surface area contributed by atoms with Crippen LogP contribution in [0.3, 0.4) is 0 Å². The molecule has 0 aliphatic carbocycles. The SMILES string of the molecule is C[C@@H](C(=O)Nc1ccc(Br)cc1Br)N(C)Cc1ccc2c(c1)OCCO2. The Kier molecular flexibility index (Phi) is 6.21. The molecule has 0 spiro atoms. The van der Waals surface area contributed by atoms with Crippen molar-refractivity contribution in [2.24, 2.45) is 0 Å². The summed E-state index contributed by atoms with van der Waals surface area (Å²) >= 11 is 6.87. The molecule has 1 aliphatic rings. The highest BCUT2D eigenvalue weighted by Crippen LogP contribution is 2.31. The van der Waals surface area contributed by atoms with Gasteiger partial charge in [-0.25, -0.2) is 0 Å². The van der Waals surface area contributed by atoms with E-state index in [-0.39, 0.29) is 11.9 Å². The second kappa shape index (κ2) is 8.41. The van der Waals surface area contributed by atoms with Gasteiger partial charge in [0.15, 0.2) is 11.5 Å². The van der Waals surface area contributed by atoms with E-state index >= 15 is 0 Å². The summed E-state index contributed by atoms with van der Waals surface area (Å²) < 4.78 is 13.0. The van der Waals surface area contributed by atoms with Gasteiger partial charge >= 0.3 is 0 Å². The predicted octanol–water partition coefficient (Wildman–Crippen LogP) is 4.44. The zero-order valence-electron chi connectivity index (χ0n) is 14.6. The molecule has 1 heterocycles. The maximum absolute atomic E-state index is 12.6. The smallest absolute Gasteiger partial charge is 0.241 e. The fourth-order valence-corrected chi connectivity index (χ4v) is 3.79. The number of likely N-dealkylation sites (N-methyl/N-ethyl adjacent to an activating group) is 1. The number of amides is 1. The summed E-state index contributed by atoms with van der Waals surface area (Å²) in [6.07, 6.45) is 0. The maximum Gasteiger partial charge on any atom is 0.241 e. The molecule has 7 heteroatoms. The van der Waals surface area contributed by atoms with Crippen LogP contribution in [0.1, 0.15) is 12.5 Å². The molecule has 1 N–H and O–H groups in total. The van der Waals surface area contributed by atoms with Crippen molar-refractivity contribution in [2.75, 3.05) is 25.6 Å². The number of nitrogens with one attached hydrogen (secondary N) is 1. The normalized spacial score (nSPS) is 14.2. The van der Waals surface area contributed by atoms with Crippen molar-refractivity contribution in [3.63, 3.8) is 0 Å². The van der Waals surface area contributed by atoms with Crippen molar-refractivity contribution in [3.05, 3.63) is 50.9 Å². The average molecular weight is 484 g/mol. The van der Waals surface area contributed by atoms with Gasteiger partial charge in [0.2, 0.25) is 5.91 Å². The minimum absolute atomic E-state index is 0.0620. The van der Waals surface area contributed by atoms with E-state index in [0.29, 0.717) is 19.8 Å². The molecule has 1 atom stereocenters. The molecule has 1 amide bonds. The first-order valence-corrected chi connectivity index (χ1v) is 9.87. The van der Waals surface area contributed by atoms with Gasteiger partial charge in [-0.15, -0.1) is 0 Å². The molecule has 0 radical (unpaired) electrons. The number of hydrogen-bond donors (Lipinski definition) is 1. The van der Waals surface area contributed by atoms with Gasteiger partial charge < -0.3 is 14.8 Å². The van der Waals surface area contributed by atoms with Gasteiger partial charge in [0, 0.05) is 15.5 Å². The van der Waals surface area contributed by atoms with Crippen LogP contribution in [0.15, 0.2) is 45.3 Å². The number of ether oxygens (including phenoxy) is 2. The first-order chi connectivity index (χ1) is 12.4. The Balaban J connectivity index is 1.63. The number of hydrogen-bond acceptors (Lipinski definition) is 4. The number of benzene rings is 2. The van der Waals surface area contributed by atoms with E-state index in [2.05, 4.69) is 37.2 Å². The van der Waals surface area contributed by atoms with Crippen molar-refractivity contribution in [1.82, 2.24) is 4.90 Å². The van der Waals surface area contributed by atoms with Crippen molar-refractivity contribution in [3.8, 4) is 11.5 Å². The Morgan fingerprint density at radius 3 is 2.62 bits per heavy atom. The maximum atomic E-state index is 12.6. The third-order valence-electron chi connectivity index (χ3n) is 4.27. The molecule has 2 aromatic rings. The Hall–Kier alpha value is -1.57. The van der Waals surface area contributed by atoms with Gasteiger partial charge in [-0.05, 0) is 65.8 Å². The summed E-state index contributed by atoms with van der Waals surface area (Å²) in [5.41, 5.74) is 1.82. The highest BCUT2D eigenvalue weighted by Gasteiger charge is 2.20. The van der Waals surface area contributed by atoms with Crippen LogP contribution in [0.5, 0.6) is 11.5 Å². The molecule has 0 bridgehead atoms. The number of rotatable bonds is 5. The minimum Gasteiger partial charge on any atom is -0.486 e. The lowest BCUT2D eigenvalue weighted by Crippen LogP contribution is -2.39. The monoisotopic (exact) mass is 482 g/mol. The van der Waals surface area contributed by atoms with E-state index < -0.39 is 0 Å². The van der Waals surface area contributed by atoms with Gasteiger partial charge in [-0.2, -0.15) is 0 Å². The second-order valence-electron chi connectivity index (χ2n) is 6.18. The quantitative estimate of drug-likeness (QED) is 0.682. The summed E-state index contributed by atoms with van der Waals surface area (Å²) in [4.78, 5) is 14.6. The second-order valence-corrected chi connectivity index (χ2v) is 7.95. The number of anilines is 1. The first kappa shape index (κ1) is 19.2. The minimum atomic E-state index is -0.293. The molecule has 1 aliphatic heterocycles. The van der Waals surface area contributed by atoms with Crippen LogP contribution in [-0.4, -0.2) is 37.1 Å². The summed E-state index contributed by atoms with van der Waals surface area (Å²) in [6, 6.07) is 11.3. The molecule has 0 saturated carbocycles. The van der Waals surface area contributed by atoms with Crippen LogP contribution in [0.2, 0.25) is 0 Å². The van der Waals surface area contributed by atoms with Crippen LogP contribution in [0.25, 0.3) is 0 Å². The van der Waals surface area contributed by atoms with Gasteiger partial charge in [0.05, 0.1) is 11.7 Å². The Morgan fingerprint density at radius 2 is 1.88 bits per heavy atom. The van der Waals surface area contributed by atoms with Gasteiger partial charge in [0.25, 0.3) is 0 Å². The molecule has 0 fully saturated rings. The Morgan fingerprint density at radius 1 is 1.15 bits per heavy atom.